The van der Waals surface area contributed by atoms with Crippen LogP contribution in [0.1, 0.15) is 46.5 Å². The van der Waals surface area contributed by atoms with Crippen molar-refractivity contribution in [2.24, 2.45) is 16.7 Å². The third kappa shape index (κ3) is 3.57. The van der Waals surface area contributed by atoms with Crippen LogP contribution >= 0.6 is 0 Å². The third-order valence-corrected chi connectivity index (χ3v) is 5.52. The fraction of sp³-hybridized carbons (Fsp3) is 0.778. The van der Waals surface area contributed by atoms with Gasteiger partial charge in [0.1, 0.15) is 5.60 Å². The van der Waals surface area contributed by atoms with Gasteiger partial charge in [0.05, 0.1) is 14.5 Å². The van der Waals surface area contributed by atoms with Crippen molar-refractivity contribution in [2.45, 2.75) is 58.4 Å². The number of hydrogen-bond donors (Lipinski definition) is 1. The van der Waals surface area contributed by atoms with Crippen molar-refractivity contribution in [3.05, 3.63) is 12.3 Å². The molecule has 0 atom stereocenters. The maximum atomic E-state index is 11.5. The highest BCUT2D eigenvalue weighted by Gasteiger charge is 2.85. The molecule has 0 bridgehead atoms. The number of hydrogen-bond acceptors (Lipinski definition) is 5. The van der Waals surface area contributed by atoms with E-state index in [0.717, 1.165) is 21.4 Å². The van der Waals surface area contributed by atoms with Gasteiger partial charge in [-0.2, -0.15) is 4.68 Å². The van der Waals surface area contributed by atoms with Crippen LogP contribution in [0.3, 0.4) is 0 Å². The molecule has 4 rings (SSSR count). The summed E-state index contributed by atoms with van der Waals surface area (Å²) in [4.78, 5) is 11.5. The molecule has 0 unspecified atom stereocenters. The predicted octanol–water partition coefficient (Wildman–Crippen LogP) is 2.80. The third-order valence-electron chi connectivity index (χ3n) is 5.52. The highest BCUT2D eigenvalue weighted by Crippen LogP contribution is 2.92. The zero-order chi connectivity index (χ0) is 18.3. The summed E-state index contributed by atoms with van der Waals surface area (Å²) in [7, 11) is 5.28. The molecule has 0 aliphatic heterocycles. The Morgan fingerprint density at radius 2 is 1.96 bits per heavy atom. The highest BCUT2D eigenvalue weighted by atomic mass is 16.6. The van der Waals surface area contributed by atoms with E-state index in [-0.39, 0.29) is 0 Å². The number of carbonyl (C=O) groups excluding carboxylic acids is 1. The molecule has 1 aromatic rings. The normalized spacial score (nSPS) is 23.6. The quantitative estimate of drug-likeness (QED) is 0.849. The molecule has 1 N–H and O–H groups in total. The van der Waals surface area contributed by atoms with E-state index in [2.05, 4.69) is 5.10 Å². The van der Waals surface area contributed by atoms with Gasteiger partial charge in [0.25, 0.3) is 0 Å². The lowest BCUT2D eigenvalue weighted by Gasteiger charge is -2.18. The van der Waals surface area contributed by atoms with E-state index in [1.165, 1.54) is 31.9 Å². The summed E-state index contributed by atoms with van der Waals surface area (Å²) in [5.74, 6) is 1.10. The van der Waals surface area contributed by atoms with Gasteiger partial charge in [-0.05, 0) is 63.2 Å². The van der Waals surface area contributed by atoms with E-state index >= 15 is 0 Å². The molecule has 3 aliphatic rings. The largest absolute Gasteiger partial charge is 0.477 e. The maximum absolute atomic E-state index is 11.5. The Kier molecular flexibility index (Phi) is 4.64. The first-order chi connectivity index (χ1) is 11.8. The van der Waals surface area contributed by atoms with Crippen LogP contribution in [-0.4, -0.2) is 47.6 Å². The molecule has 3 aliphatic carbocycles. The second-order valence-corrected chi connectivity index (χ2v) is 8.26. The lowest BCUT2D eigenvalue weighted by molar-refractivity contribution is 0.0512. The molecule has 136 valence electrons. The van der Waals surface area contributed by atoms with Crippen LogP contribution in [0, 0.1) is 16.7 Å². The summed E-state index contributed by atoms with van der Waals surface area (Å²) in [6.45, 7) is 6.21. The first-order valence-corrected chi connectivity index (χ1v) is 9.01. The number of nitrogens with zero attached hydrogens (tertiary/aromatic N) is 2. The summed E-state index contributed by atoms with van der Waals surface area (Å²) in [6.07, 6.45) is 7.07. The van der Waals surface area contributed by atoms with Gasteiger partial charge in [0.15, 0.2) is 0 Å². The minimum atomic E-state index is -0.540. The maximum Gasteiger partial charge on any atom is 0.435 e. The number of carbonyl (C=O) groups is 1. The molecule has 0 saturated heterocycles. The van der Waals surface area contributed by atoms with Crippen LogP contribution in [0.4, 0.5) is 4.79 Å². The van der Waals surface area contributed by atoms with Crippen molar-refractivity contribution in [1.82, 2.24) is 9.78 Å². The van der Waals surface area contributed by atoms with E-state index in [4.69, 9.17) is 22.4 Å². The molecular formula is C18H27BN2O4. The van der Waals surface area contributed by atoms with Crippen LogP contribution in [0.5, 0.6) is 5.88 Å². The topological polar surface area (TPSA) is 73.6 Å². The summed E-state index contributed by atoms with van der Waals surface area (Å²) in [5, 5.41) is 12.9. The predicted molar refractivity (Wildman–Crippen MR) is 93.8 cm³/mol. The van der Waals surface area contributed by atoms with E-state index in [9.17, 15) is 4.79 Å². The van der Waals surface area contributed by atoms with Crippen molar-refractivity contribution in [3.63, 3.8) is 0 Å². The van der Waals surface area contributed by atoms with E-state index in [1.807, 2.05) is 0 Å². The van der Waals surface area contributed by atoms with Crippen LogP contribution in [-0.2, 0) is 4.74 Å². The molecule has 0 amide bonds. The highest BCUT2D eigenvalue weighted by molar-refractivity contribution is 6.08. The second-order valence-electron chi connectivity index (χ2n) is 8.26. The zero-order valence-corrected chi connectivity index (χ0v) is 15.3. The minimum absolute atomic E-state index is 0.358. The Hall–Kier alpha value is -1.50. The lowest BCUT2D eigenvalue weighted by Crippen LogP contribution is -2.27. The zero-order valence-electron chi connectivity index (χ0n) is 15.3. The number of aliphatic hydroxyl groups is 1. The summed E-state index contributed by atoms with van der Waals surface area (Å²) in [6, 6.07) is 1.58. The van der Waals surface area contributed by atoms with Crippen molar-refractivity contribution in [1.29, 1.82) is 0 Å². The van der Waals surface area contributed by atoms with E-state index < -0.39 is 11.7 Å². The van der Waals surface area contributed by atoms with Gasteiger partial charge in [0.2, 0.25) is 5.88 Å². The van der Waals surface area contributed by atoms with Crippen molar-refractivity contribution in [3.8, 4) is 5.88 Å². The summed E-state index contributed by atoms with van der Waals surface area (Å²) in [5.41, 5.74) is 0.908. The van der Waals surface area contributed by atoms with Crippen molar-refractivity contribution >= 4 is 13.9 Å². The Bertz CT molecular complexity index is 611. The Balaban J connectivity index is 0.000000166. The molecule has 6 nitrogen and oxygen atoms in total. The Labute approximate surface area is 150 Å². The Morgan fingerprint density at radius 1 is 1.36 bits per heavy atom. The van der Waals surface area contributed by atoms with E-state index in [0.29, 0.717) is 25.4 Å². The molecule has 3 fully saturated rings. The average molecular weight is 346 g/mol. The molecule has 2 spiro atoms. The monoisotopic (exact) mass is 346 g/mol. The first kappa shape index (κ1) is 18.3. The standard InChI is InChI=1S/C10H15BN2O3.C8H12O/c1-10(2,3)16-9(14)13-6-4-8(12-13)15-7-5-11;9-5-6-7(1-2-7)8(6)3-4-8/h4,6H,5,7H2,1-3H3;6,9H,1-5H2. The SMILES string of the molecule is OCC1C2(CC2)C12CC2.[B]CCOc1ccn(C(=O)OC(C)(C)C)n1. The second kappa shape index (κ2) is 6.34. The number of fused-ring (bicyclic) bond motifs is 1. The molecule has 1 heterocycles. The number of rotatable bonds is 4. The number of aliphatic hydroxyl groups excluding tert-OH is 1. The van der Waals surface area contributed by atoms with Gasteiger partial charge < -0.3 is 14.6 Å². The molecule has 2 radical (unpaired) electrons. The number of ether oxygens (including phenoxy) is 2. The van der Waals surface area contributed by atoms with Gasteiger partial charge in [-0.3, -0.25) is 0 Å². The van der Waals surface area contributed by atoms with Crippen molar-refractivity contribution in [2.75, 3.05) is 13.2 Å². The first-order valence-electron chi connectivity index (χ1n) is 9.01. The average Bonchev–Trinajstić information content (AvgIpc) is 3.48. The molecule has 0 aromatic carbocycles. The van der Waals surface area contributed by atoms with Crippen LogP contribution in [0.2, 0.25) is 6.32 Å². The number of aromatic nitrogens is 2. The van der Waals surface area contributed by atoms with Gasteiger partial charge in [-0.1, -0.05) is 6.32 Å². The van der Waals surface area contributed by atoms with Crippen molar-refractivity contribution < 1.29 is 19.4 Å². The molecule has 3 saturated carbocycles. The van der Waals surface area contributed by atoms with Gasteiger partial charge in [0, 0.05) is 18.9 Å². The summed E-state index contributed by atoms with van der Waals surface area (Å²) < 4.78 is 11.4. The molecular weight excluding hydrogens is 319 g/mol. The molecule has 1 aromatic heterocycles. The smallest absolute Gasteiger partial charge is 0.435 e. The summed E-state index contributed by atoms with van der Waals surface area (Å²) >= 11 is 0. The van der Waals surface area contributed by atoms with Crippen LogP contribution < -0.4 is 4.74 Å². The van der Waals surface area contributed by atoms with Crippen LogP contribution in [0.15, 0.2) is 12.3 Å². The molecule has 25 heavy (non-hydrogen) atoms. The lowest BCUT2D eigenvalue weighted by atomic mass is 10.1. The fourth-order valence-corrected chi connectivity index (χ4v) is 4.11. The van der Waals surface area contributed by atoms with E-state index in [1.54, 1.807) is 26.8 Å². The minimum Gasteiger partial charge on any atom is -0.477 e. The van der Waals surface area contributed by atoms with Gasteiger partial charge in [-0.15, -0.1) is 5.10 Å². The fourth-order valence-electron chi connectivity index (χ4n) is 4.11. The van der Waals surface area contributed by atoms with Crippen LogP contribution in [0.25, 0.3) is 0 Å². The Morgan fingerprint density at radius 3 is 2.36 bits per heavy atom. The van der Waals surface area contributed by atoms with Gasteiger partial charge >= 0.3 is 6.09 Å². The molecule has 7 heteroatoms. The van der Waals surface area contributed by atoms with Gasteiger partial charge in [-0.25, -0.2) is 4.79 Å².